The van der Waals surface area contributed by atoms with Crippen LogP contribution in [0.15, 0.2) is 30.3 Å². The maximum absolute atomic E-state index is 13.3. The zero-order valence-corrected chi connectivity index (χ0v) is 22.0. The molecule has 6 heteroatoms. The number of H-pyrrole nitrogens is 1. The van der Waals surface area contributed by atoms with E-state index in [4.69, 9.17) is 9.47 Å². The van der Waals surface area contributed by atoms with Crippen molar-refractivity contribution in [3.63, 3.8) is 0 Å². The summed E-state index contributed by atoms with van der Waals surface area (Å²) in [6, 6.07) is 10.6. The van der Waals surface area contributed by atoms with Crippen molar-refractivity contribution in [2.75, 3.05) is 13.2 Å². The van der Waals surface area contributed by atoms with Gasteiger partial charge in [0.05, 0.1) is 12.3 Å². The third-order valence-electron chi connectivity index (χ3n) is 9.84. The fraction of sp³-hybridized carbons (Fsp3) is 0.645. The first-order valence-electron chi connectivity index (χ1n) is 14.5. The van der Waals surface area contributed by atoms with Gasteiger partial charge < -0.3 is 9.47 Å². The van der Waals surface area contributed by atoms with Gasteiger partial charge in [0, 0.05) is 17.9 Å². The summed E-state index contributed by atoms with van der Waals surface area (Å²) in [4.78, 5) is 25.0. The largest absolute Gasteiger partial charge is 0.469 e. The van der Waals surface area contributed by atoms with Gasteiger partial charge in [-0.1, -0.05) is 24.3 Å². The van der Waals surface area contributed by atoms with Crippen LogP contribution in [0.25, 0.3) is 11.3 Å². The van der Waals surface area contributed by atoms with Crippen LogP contribution in [0.4, 0.5) is 0 Å². The van der Waals surface area contributed by atoms with Gasteiger partial charge in [0.1, 0.15) is 6.61 Å². The summed E-state index contributed by atoms with van der Waals surface area (Å²) in [6.45, 7) is 2.46. The molecule has 37 heavy (non-hydrogen) atoms. The van der Waals surface area contributed by atoms with Crippen molar-refractivity contribution in [2.24, 2.45) is 29.1 Å². The number of benzene rings is 1. The minimum absolute atomic E-state index is 0.0599. The van der Waals surface area contributed by atoms with Gasteiger partial charge >= 0.3 is 5.97 Å². The number of carbonyl (C=O) groups is 2. The molecule has 1 aromatic heterocycles. The smallest absolute Gasteiger partial charge is 0.306 e. The quantitative estimate of drug-likeness (QED) is 0.396. The van der Waals surface area contributed by atoms with E-state index >= 15 is 0 Å². The molecule has 0 atom stereocenters. The van der Waals surface area contributed by atoms with Gasteiger partial charge in [-0.3, -0.25) is 14.7 Å². The second-order valence-corrected chi connectivity index (χ2v) is 12.4. The van der Waals surface area contributed by atoms with Gasteiger partial charge in [0.2, 0.25) is 5.88 Å². The van der Waals surface area contributed by atoms with Crippen molar-refractivity contribution in [3.8, 4) is 17.1 Å². The third kappa shape index (κ3) is 5.21. The van der Waals surface area contributed by atoms with Gasteiger partial charge in [-0.2, -0.15) is 0 Å². The Labute approximate surface area is 219 Å². The Balaban J connectivity index is 1.01. The van der Waals surface area contributed by atoms with Gasteiger partial charge in [-0.25, -0.2) is 0 Å². The zero-order chi connectivity index (χ0) is 25.4. The lowest BCUT2D eigenvalue weighted by atomic mass is 9.48. The second-order valence-electron chi connectivity index (χ2n) is 12.4. The van der Waals surface area contributed by atoms with E-state index in [1.165, 1.54) is 24.8 Å². The Kier molecular flexibility index (Phi) is 6.85. The van der Waals surface area contributed by atoms with E-state index in [0.717, 1.165) is 74.0 Å². The molecule has 4 bridgehead atoms. The first-order valence-corrected chi connectivity index (χ1v) is 14.5. The van der Waals surface area contributed by atoms with E-state index < -0.39 is 0 Å². The summed E-state index contributed by atoms with van der Waals surface area (Å²) in [7, 11) is 0. The normalized spacial score (nSPS) is 32.3. The molecule has 1 aromatic carbocycles. The lowest BCUT2D eigenvalue weighted by molar-refractivity contribution is -0.146. The number of aromatic amines is 1. The summed E-state index contributed by atoms with van der Waals surface area (Å²) < 4.78 is 11.0. The van der Waals surface area contributed by atoms with Crippen LogP contribution in [-0.4, -0.2) is 35.2 Å². The van der Waals surface area contributed by atoms with E-state index in [-0.39, 0.29) is 23.8 Å². The highest BCUT2D eigenvalue weighted by molar-refractivity contribution is 5.86. The average Bonchev–Trinajstić information content (AvgIpc) is 3.36. The van der Waals surface area contributed by atoms with Crippen LogP contribution in [-0.2, 0) is 14.3 Å². The molecule has 0 spiro atoms. The summed E-state index contributed by atoms with van der Waals surface area (Å²) >= 11 is 0. The van der Waals surface area contributed by atoms with Crippen LogP contribution in [0.3, 0.4) is 0 Å². The molecular weight excluding hydrogens is 464 g/mol. The fourth-order valence-electron chi connectivity index (χ4n) is 8.36. The van der Waals surface area contributed by atoms with E-state index in [1.807, 2.05) is 13.0 Å². The van der Waals surface area contributed by atoms with Crippen molar-refractivity contribution in [3.05, 3.63) is 35.9 Å². The topological polar surface area (TPSA) is 81.3 Å². The molecule has 0 amide bonds. The molecule has 5 saturated carbocycles. The maximum atomic E-state index is 13.3. The van der Waals surface area contributed by atoms with Crippen LogP contribution < -0.4 is 4.74 Å². The number of esters is 1. The van der Waals surface area contributed by atoms with Gasteiger partial charge in [0.15, 0.2) is 5.78 Å². The van der Waals surface area contributed by atoms with Crippen molar-refractivity contribution in [1.82, 2.24) is 10.2 Å². The highest BCUT2D eigenvalue weighted by Gasteiger charge is 2.54. The number of ether oxygens (including phenoxy) is 2. The highest BCUT2D eigenvalue weighted by Crippen LogP contribution is 2.60. The standard InChI is InChI=1S/C31H40N2O4/c1-2-36-30(35)14-20-3-5-24(6-4-20)25-7-9-26(10-8-25)27-15-29(33-32-27)37-19-28(34)31-16-21-11-22(17-31)13-23(12-21)18-31/h7-10,15,20-24H,2-6,11-14,16-19H2,1H3,(H,32,33). The fourth-order valence-corrected chi connectivity index (χ4v) is 8.36. The molecule has 1 heterocycles. The second kappa shape index (κ2) is 10.3. The number of carbonyl (C=O) groups excluding carboxylic acids is 2. The Morgan fingerprint density at radius 2 is 1.62 bits per heavy atom. The Hall–Kier alpha value is -2.63. The monoisotopic (exact) mass is 504 g/mol. The van der Waals surface area contributed by atoms with E-state index in [2.05, 4.69) is 34.5 Å². The molecule has 198 valence electrons. The number of hydrogen-bond acceptors (Lipinski definition) is 5. The minimum atomic E-state index is -0.123. The predicted octanol–water partition coefficient (Wildman–Crippen LogP) is 6.47. The third-order valence-corrected chi connectivity index (χ3v) is 9.84. The lowest BCUT2D eigenvalue weighted by Gasteiger charge is -2.55. The molecule has 0 aliphatic heterocycles. The van der Waals surface area contributed by atoms with Crippen LogP contribution in [0.1, 0.15) is 89.0 Å². The number of nitrogens with one attached hydrogen (secondary N) is 1. The number of nitrogens with zero attached hydrogens (tertiary/aromatic N) is 1. The number of Topliss-reactive ketones (excluding diaryl/α,β-unsaturated/α-hetero) is 1. The Morgan fingerprint density at radius 3 is 2.24 bits per heavy atom. The van der Waals surface area contributed by atoms with Crippen molar-refractivity contribution in [1.29, 1.82) is 0 Å². The molecule has 5 fully saturated rings. The van der Waals surface area contributed by atoms with E-state index in [0.29, 0.717) is 30.7 Å². The van der Waals surface area contributed by atoms with Crippen molar-refractivity contribution in [2.45, 2.75) is 83.5 Å². The molecule has 7 rings (SSSR count). The number of ketones is 1. The molecule has 6 nitrogen and oxygen atoms in total. The molecule has 2 aromatic rings. The van der Waals surface area contributed by atoms with Crippen LogP contribution >= 0.6 is 0 Å². The first kappa shape index (κ1) is 24.7. The van der Waals surface area contributed by atoms with Crippen LogP contribution in [0.2, 0.25) is 0 Å². The summed E-state index contributed by atoms with van der Waals surface area (Å²) in [5, 5.41) is 7.42. The SMILES string of the molecule is CCOC(=O)CC1CCC(c2ccc(-c3cc(OCC(=O)C45CC6CC(CC(C6)C4)C5)n[nH]3)cc2)CC1. The average molecular weight is 505 g/mol. The highest BCUT2D eigenvalue weighted by atomic mass is 16.5. The molecule has 5 aliphatic carbocycles. The summed E-state index contributed by atoms with van der Waals surface area (Å²) in [5.74, 6) is 4.00. The van der Waals surface area contributed by atoms with Crippen molar-refractivity contribution < 1.29 is 19.1 Å². The minimum Gasteiger partial charge on any atom is -0.469 e. The van der Waals surface area contributed by atoms with E-state index in [1.54, 1.807) is 0 Å². The molecule has 0 radical (unpaired) electrons. The van der Waals surface area contributed by atoms with Gasteiger partial charge in [-0.15, -0.1) is 5.10 Å². The Bertz CT molecular complexity index is 1080. The number of aromatic nitrogens is 2. The predicted molar refractivity (Wildman–Crippen MR) is 141 cm³/mol. The number of hydrogen-bond donors (Lipinski definition) is 1. The lowest BCUT2D eigenvalue weighted by Crippen LogP contribution is -2.51. The van der Waals surface area contributed by atoms with Crippen molar-refractivity contribution >= 4 is 11.8 Å². The maximum Gasteiger partial charge on any atom is 0.306 e. The van der Waals surface area contributed by atoms with Gasteiger partial charge in [-0.05, 0) is 112 Å². The van der Waals surface area contributed by atoms with Crippen LogP contribution in [0.5, 0.6) is 5.88 Å². The van der Waals surface area contributed by atoms with Gasteiger partial charge in [0.25, 0.3) is 0 Å². The zero-order valence-electron chi connectivity index (χ0n) is 22.0. The molecule has 0 unspecified atom stereocenters. The molecule has 1 N–H and O–H groups in total. The number of rotatable bonds is 9. The van der Waals surface area contributed by atoms with Crippen LogP contribution in [0, 0.1) is 29.1 Å². The molecular formula is C31H40N2O4. The molecule has 0 saturated heterocycles. The van der Waals surface area contributed by atoms with E-state index in [9.17, 15) is 9.59 Å². The first-order chi connectivity index (χ1) is 18.0. The summed E-state index contributed by atoms with van der Waals surface area (Å²) in [5.41, 5.74) is 3.20. The summed E-state index contributed by atoms with van der Waals surface area (Å²) in [6.07, 6.45) is 12.2. The Morgan fingerprint density at radius 1 is 0.973 bits per heavy atom. The molecule has 5 aliphatic rings.